The van der Waals surface area contributed by atoms with Crippen molar-refractivity contribution in [3.8, 4) is 0 Å². The van der Waals surface area contributed by atoms with Crippen LogP contribution in [0.4, 0.5) is 0 Å². The summed E-state index contributed by atoms with van der Waals surface area (Å²) in [5, 5.41) is 29.7. The molecule has 6 heteroatoms. The minimum atomic E-state index is -0.441. The Bertz CT molecular complexity index is 650. The normalized spacial score (nSPS) is 23.9. The summed E-state index contributed by atoms with van der Waals surface area (Å²) in [6, 6.07) is 8.08. The average molecular weight is 469 g/mol. The molecule has 0 aromatic heterocycles. The van der Waals surface area contributed by atoms with Gasteiger partial charge in [-0.2, -0.15) is 0 Å². The van der Waals surface area contributed by atoms with Crippen molar-refractivity contribution in [2.75, 3.05) is 13.2 Å². The van der Waals surface area contributed by atoms with E-state index in [9.17, 15) is 15.0 Å². The summed E-state index contributed by atoms with van der Waals surface area (Å²) in [6.07, 6.45) is 8.92. The molecule has 0 saturated heterocycles. The van der Waals surface area contributed by atoms with Crippen LogP contribution in [0, 0.1) is 5.92 Å². The van der Waals surface area contributed by atoms with E-state index in [0.717, 1.165) is 68.9 Å². The monoisotopic (exact) mass is 468 g/mol. The first-order chi connectivity index (χ1) is 15.5. The molecule has 0 amide bonds. The maximum atomic E-state index is 11.5. The number of halogens is 1. The molecule has 3 N–H and O–H groups in total. The van der Waals surface area contributed by atoms with Crippen LogP contribution in [0.15, 0.2) is 24.3 Å². The number of hydrogen-bond acceptors (Lipinski definition) is 5. The minimum absolute atomic E-state index is 0.0252. The zero-order chi connectivity index (χ0) is 23.3. The van der Waals surface area contributed by atoms with Gasteiger partial charge in [0.2, 0.25) is 0 Å². The van der Waals surface area contributed by atoms with Crippen LogP contribution in [0.1, 0.15) is 101 Å². The summed E-state index contributed by atoms with van der Waals surface area (Å²) in [5.41, 5.74) is 2.04. The lowest BCUT2D eigenvalue weighted by Crippen LogP contribution is -2.19. The first kappa shape index (κ1) is 27.1. The Balaban J connectivity index is 1.82. The number of hydrogen-bond donors (Lipinski definition) is 3. The Hall–Kier alpha value is -1.14. The number of unbranched alkanes of at least 4 members (excludes halogenated alkanes) is 5. The first-order valence-corrected chi connectivity index (χ1v) is 12.8. The molecular weight excluding hydrogens is 428 g/mol. The van der Waals surface area contributed by atoms with Crippen LogP contribution in [0.2, 0.25) is 0 Å². The van der Waals surface area contributed by atoms with Crippen LogP contribution in [-0.2, 0) is 9.53 Å². The third-order valence-corrected chi connectivity index (χ3v) is 7.12. The minimum Gasteiger partial charge on any atom is -0.463 e. The molecule has 1 fully saturated rings. The van der Waals surface area contributed by atoms with Crippen LogP contribution in [0.3, 0.4) is 0 Å². The first-order valence-electron chi connectivity index (χ1n) is 12.3. The van der Waals surface area contributed by atoms with Gasteiger partial charge in [-0.3, -0.25) is 4.79 Å². The molecule has 32 heavy (non-hydrogen) atoms. The van der Waals surface area contributed by atoms with Gasteiger partial charge >= 0.3 is 5.97 Å². The molecule has 1 saturated carbocycles. The highest BCUT2D eigenvalue weighted by molar-refractivity contribution is 6.21. The molecule has 1 aromatic rings. The van der Waals surface area contributed by atoms with Gasteiger partial charge in [-0.05, 0) is 42.7 Å². The van der Waals surface area contributed by atoms with Crippen LogP contribution in [-0.4, -0.2) is 46.0 Å². The number of esters is 1. The standard InChI is InChI=1S/C26H41ClO5/c1-2-3-6-10-23(29)19-12-14-20(15-13-19)26-21(22(27)18-24(26)30)9-7-4-5-8-11-25(31)32-17-16-28/h12-15,21-24,26,28-30H,2-11,16-18H2,1H3/t21?,22-,23?,24-,26?/m1/s1. The largest absolute Gasteiger partial charge is 0.463 e. The number of aliphatic hydroxyl groups excluding tert-OH is 3. The molecule has 0 radical (unpaired) electrons. The molecule has 182 valence electrons. The third kappa shape index (κ3) is 8.66. The Morgan fingerprint density at radius 3 is 2.53 bits per heavy atom. The van der Waals surface area contributed by atoms with E-state index in [1.54, 1.807) is 0 Å². The van der Waals surface area contributed by atoms with Gasteiger partial charge in [0.1, 0.15) is 6.61 Å². The van der Waals surface area contributed by atoms with Crippen LogP contribution in [0.25, 0.3) is 0 Å². The van der Waals surface area contributed by atoms with E-state index in [-0.39, 0.29) is 36.4 Å². The van der Waals surface area contributed by atoms with Gasteiger partial charge in [0.25, 0.3) is 0 Å². The SMILES string of the molecule is CCCCCC(O)c1ccc(C2C(CCCCCCC(=O)OCCO)[C@H](Cl)C[C@H]2O)cc1. The quantitative estimate of drug-likeness (QED) is 0.186. The number of carbonyl (C=O) groups excluding carboxylic acids is 1. The lowest BCUT2D eigenvalue weighted by Gasteiger charge is -2.24. The summed E-state index contributed by atoms with van der Waals surface area (Å²) < 4.78 is 4.87. The smallest absolute Gasteiger partial charge is 0.305 e. The van der Waals surface area contributed by atoms with Crippen LogP contribution < -0.4 is 0 Å². The van der Waals surface area contributed by atoms with Crippen molar-refractivity contribution in [1.82, 2.24) is 0 Å². The summed E-state index contributed by atoms with van der Waals surface area (Å²) >= 11 is 6.62. The Morgan fingerprint density at radius 1 is 1.12 bits per heavy atom. The second kappa shape index (κ2) is 14.9. The Labute approximate surface area is 198 Å². The number of ether oxygens (including phenoxy) is 1. The summed E-state index contributed by atoms with van der Waals surface area (Å²) in [4.78, 5) is 11.5. The van der Waals surface area contributed by atoms with Crippen molar-refractivity contribution in [2.45, 2.75) is 101 Å². The third-order valence-electron chi connectivity index (χ3n) is 6.62. The number of benzene rings is 1. The van der Waals surface area contributed by atoms with Crippen molar-refractivity contribution in [1.29, 1.82) is 0 Å². The van der Waals surface area contributed by atoms with E-state index >= 15 is 0 Å². The second-order valence-corrected chi connectivity index (χ2v) is 9.64. The molecule has 2 rings (SSSR count). The molecule has 1 aliphatic carbocycles. The van der Waals surface area contributed by atoms with Crippen LogP contribution in [0.5, 0.6) is 0 Å². The molecule has 5 atom stereocenters. The van der Waals surface area contributed by atoms with Gasteiger partial charge in [-0.15, -0.1) is 11.6 Å². The zero-order valence-corrected chi connectivity index (χ0v) is 20.2. The second-order valence-electron chi connectivity index (χ2n) is 9.08. The molecule has 3 unspecified atom stereocenters. The van der Waals surface area contributed by atoms with Gasteiger partial charge in [0.15, 0.2) is 0 Å². The predicted molar refractivity (Wildman–Crippen MR) is 128 cm³/mol. The van der Waals surface area contributed by atoms with Crippen molar-refractivity contribution < 1.29 is 24.9 Å². The van der Waals surface area contributed by atoms with E-state index in [1.165, 1.54) is 0 Å². The molecule has 5 nitrogen and oxygen atoms in total. The van der Waals surface area contributed by atoms with E-state index in [2.05, 4.69) is 6.92 Å². The van der Waals surface area contributed by atoms with Gasteiger partial charge in [0, 0.05) is 17.7 Å². The van der Waals surface area contributed by atoms with E-state index in [4.69, 9.17) is 21.4 Å². The molecule has 0 spiro atoms. The fraction of sp³-hybridized carbons (Fsp3) is 0.731. The number of alkyl halides is 1. The topological polar surface area (TPSA) is 87.0 Å². The fourth-order valence-corrected chi connectivity index (χ4v) is 5.29. The highest BCUT2D eigenvalue weighted by Gasteiger charge is 2.41. The van der Waals surface area contributed by atoms with Crippen molar-refractivity contribution in [3.63, 3.8) is 0 Å². The highest BCUT2D eigenvalue weighted by Crippen LogP contribution is 2.45. The summed E-state index contributed by atoms with van der Waals surface area (Å²) in [6.45, 7) is 2.09. The average Bonchev–Trinajstić information content (AvgIpc) is 3.07. The molecule has 1 aromatic carbocycles. The zero-order valence-electron chi connectivity index (χ0n) is 19.4. The molecule has 0 heterocycles. The number of aliphatic hydroxyl groups is 3. The van der Waals surface area contributed by atoms with Crippen LogP contribution >= 0.6 is 11.6 Å². The predicted octanol–water partition coefficient (Wildman–Crippen LogP) is 5.25. The van der Waals surface area contributed by atoms with Gasteiger partial charge < -0.3 is 20.1 Å². The maximum absolute atomic E-state index is 11.5. The fourth-order valence-electron chi connectivity index (χ4n) is 4.82. The van der Waals surface area contributed by atoms with Crippen molar-refractivity contribution >= 4 is 17.6 Å². The summed E-state index contributed by atoms with van der Waals surface area (Å²) in [7, 11) is 0. The summed E-state index contributed by atoms with van der Waals surface area (Å²) in [5.74, 6) is -0.00321. The molecule has 1 aliphatic rings. The highest BCUT2D eigenvalue weighted by atomic mass is 35.5. The van der Waals surface area contributed by atoms with Gasteiger partial charge in [0.05, 0.1) is 18.8 Å². The number of carbonyl (C=O) groups is 1. The Kier molecular flexibility index (Phi) is 12.6. The molecule has 0 aliphatic heterocycles. The van der Waals surface area contributed by atoms with E-state index in [1.807, 2.05) is 24.3 Å². The van der Waals surface area contributed by atoms with E-state index in [0.29, 0.717) is 12.8 Å². The lowest BCUT2D eigenvalue weighted by atomic mass is 9.83. The molecule has 0 bridgehead atoms. The Morgan fingerprint density at radius 2 is 1.84 bits per heavy atom. The maximum Gasteiger partial charge on any atom is 0.305 e. The van der Waals surface area contributed by atoms with Gasteiger partial charge in [-0.1, -0.05) is 69.7 Å². The van der Waals surface area contributed by atoms with Crippen molar-refractivity contribution in [3.05, 3.63) is 35.4 Å². The lowest BCUT2D eigenvalue weighted by molar-refractivity contribution is -0.144. The molecular formula is C26H41ClO5. The number of rotatable bonds is 15. The van der Waals surface area contributed by atoms with Crippen molar-refractivity contribution in [2.24, 2.45) is 5.92 Å². The van der Waals surface area contributed by atoms with E-state index < -0.39 is 12.2 Å². The van der Waals surface area contributed by atoms with Gasteiger partial charge in [-0.25, -0.2) is 0 Å².